The summed E-state index contributed by atoms with van der Waals surface area (Å²) in [6.07, 6.45) is -5.16. The number of rotatable bonds is 4. The van der Waals surface area contributed by atoms with Crippen molar-refractivity contribution < 1.29 is 31.1 Å². The van der Waals surface area contributed by atoms with Gasteiger partial charge in [0.1, 0.15) is 5.69 Å². The monoisotopic (exact) mass is 469 g/mol. The fourth-order valence-corrected chi connectivity index (χ4v) is 4.60. The molecule has 12 heteroatoms. The van der Waals surface area contributed by atoms with E-state index in [1.54, 1.807) is 0 Å². The van der Waals surface area contributed by atoms with Crippen molar-refractivity contribution in [3.05, 3.63) is 21.6 Å². The topological polar surface area (TPSA) is 63.7 Å². The lowest BCUT2D eigenvalue weighted by Crippen LogP contribution is -2.27. The Labute approximate surface area is 153 Å². The number of anilines is 1. The number of amides is 1. The van der Waals surface area contributed by atoms with Crippen LogP contribution in [0.15, 0.2) is 16.6 Å². The van der Waals surface area contributed by atoms with Gasteiger partial charge < -0.3 is 9.64 Å². The molecule has 2 rings (SSSR count). The maximum absolute atomic E-state index is 12.6. The molecule has 24 heavy (non-hydrogen) atoms. The summed E-state index contributed by atoms with van der Waals surface area (Å²) in [6, 6.07) is 2.33. The first-order chi connectivity index (χ1) is 10.9. The maximum Gasteiger partial charge on any atom is 0.573 e. The van der Waals surface area contributed by atoms with Crippen LogP contribution in [0.4, 0.5) is 18.9 Å². The standard InChI is InChI=1S/C12H9BrCl2F3NO4S/c13-7-2-8(14)11(9(3-7)23-12(16,17)18)19-4-6(1-10(19)20)5-24(15,21)22/h2-3,6H,1,4-5H2. The van der Waals surface area contributed by atoms with Crippen LogP contribution in [-0.2, 0) is 13.8 Å². The third-order valence-electron chi connectivity index (χ3n) is 3.13. The number of hydrogen-bond donors (Lipinski definition) is 0. The smallest absolute Gasteiger partial charge is 0.403 e. The third kappa shape index (κ3) is 5.14. The number of carbonyl (C=O) groups excluding carboxylic acids is 1. The van der Waals surface area contributed by atoms with E-state index in [1.165, 1.54) is 6.07 Å². The molecule has 1 aliphatic heterocycles. The summed E-state index contributed by atoms with van der Waals surface area (Å²) in [4.78, 5) is 13.1. The second-order valence-corrected chi connectivity index (χ2v) is 9.21. The quantitative estimate of drug-likeness (QED) is 0.625. The first-order valence-electron chi connectivity index (χ1n) is 6.33. The van der Waals surface area contributed by atoms with E-state index in [4.69, 9.17) is 22.3 Å². The van der Waals surface area contributed by atoms with Crippen LogP contribution in [0.25, 0.3) is 0 Å². The molecule has 134 valence electrons. The lowest BCUT2D eigenvalue weighted by Gasteiger charge is -2.22. The van der Waals surface area contributed by atoms with Crippen molar-refractivity contribution in [1.29, 1.82) is 0 Å². The first-order valence-corrected chi connectivity index (χ1v) is 9.98. The first kappa shape index (κ1) is 19.6. The highest BCUT2D eigenvalue weighted by molar-refractivity contribution is 9.10. The molecule has 1 unspecified atom stereocenters. The van der Waals surface area contributed by atoms with Crippen molar-refractivity contribution >= 4 is 58.9 Å². The van der Waals surface area contributed by atoms with Crippen molar-refractivity contribution in [3.63, 3.8) is 0 Å². The summed E-state index contributed by atoms with van der Waals surface area (Å²) >= 11 is 8.97. The zero-order chi connectivity index (χ0) is 18.3. The summed E-state index contributed by atoms with van der Waals surface area (Å²) in [5.74, 6) is -2.36. The van der Waals surface area contributed by atoms with Crippen molar-refractivity contribution in [1.82, 2.24) is 0 Å². The number of alkyl halides is 3. The fraction of sp³-hybridized carbons (Fsp3) is 0.417. The predicted molar refractivity (Wildman–Crippen MR) is 85.9 cm³/mol. The summed E-state index contributed by atoms with van der Waals surface area (Å²) in [6.45, 7) is -0.139. The van der Waals surface area contributed by atoms with Crippen molar-refractivity contribution in [2.24, 2.45) is 5.92 Å². The molecule has 0 bridgehead atoms. The van der Waals surface area contributed by atoms with Gasteiger partial charge in [0, 0.05) is 34.0 Å². The second kappa shape index (κ2) is 6.89. The van der Waals surface area contributed by atoms with E-state index in [0.29, 0.717) is 0 Å². The van der Waals surface area contributed by atoms with Gasteiger partial charge in [0.25, 0.3) is 0 Å². The Morgan fingerprint density at radius 2 is 2.00 bits per heavy atom. The normalized spacial score (nSPS) is 19.0. The third-order valence-corrected chi connectivity index (χ3v) is 5.12. The Morgan fingerprint density at radius 3 is 2.54 bits per heavy atom. The summed E-state index contributed by atoms with van der Waals surface area (Å²) in [5, 5.41) is -0.147. The van der Waals surface area contributed by atoms with Crippen molar-refractivity contribution in [2.75, 3.05) is 17.2 Å². The van der Waals surface area contributed by atoms with Gasteiger partial charge in [-0.2, -0.15) is 0 Å². The lowest BCUT2D eigenvalue weighted by molar-refractivity contribution is -0.274. The molecule has 0 aromatic heterocycles. The molecule has 1 amide bonds. The second-order valence-electron chi connectivity index (χ2n) is 5.06. The minimum absolute atomic E-state index is 0.139. The molecule has 0 radical (unpaired) electrons. The van der Waals surface area contributed by atoms with E-state index in [0.717, 1.165) is 11.0 Å². The molecule has 1 aromatic carbocycles. The number of nitrogens with zero attached hydrogens (tertiary/aromatic N) is 1. The van der Waals surface area contributed by atoms with Crippen LogP contribution in [-0.4, -0.2) is 33.0 Å². The van der Waals surface area contributed by atoms with Crippen molar-refractivity contribution in [2.45, 2.75) is 12.8 Å². The van der Waals surface area contributed by atoms with Crippen molar-refractivity contribution in [3.8, 4) is 5.75 Å². The maximum atomic E-state index is 12.6. The van der Waals surface area contributed by atoms with Gasteiger partial charge in [0.15, 0.2) is 5.75 Å². The average molecular weight is 471 g/mol. The number of hydrogen-bond acceptors (Lipinski definition) is 4. The highest BCUT2D eigenvalue weighted by atomic mass is 79.9. The van der Waals surface area contributed by atoms with Gasteiger partial charge >= 0.3 is 6.36 Å². The lowest BCUT2D eigenvalue weighted by atomic mass is 10.1. The van der Waals surface area contributed by atoms with Gasteiger partial charge in [-0.3, -0.25) is 4.79 Å². The van der Waals surface area contributed by atoms with Gasteiger partial charge in [-0.05, 0) is 12.1 Å². The molecule has 5 nitrogen and oxygen atoms in total. The van der Waals surface area contributed by atoms with E-state index in [9.17, 15) is 26.4 Å². The van der Waals surface area contributed by atoms with Crippen LogP contribution in [0.3, 0.4) is 0 Å². The van der Waals surface area contributed by atoms with E-state index in [1.807, 2.05) is 0 Å². The predicted octanol–water partition coefficient (Wildman–Crippen LogP) is 3.92. The number of carbonyl (C=O) groups is 1. The molecule has 1 fully saturated rings. The zero-order valence-electron chi connectivity index (χ0n) is 11.6. The summed E-state index contributed by atoms with van der Waals surface area (Å²) < 4.78 is 64.2. The largest absolute Gasteiger partial charge is 0.573 e. The molecule has 0 saturated carbocycles. The Morgan fingerprint density at radius 1 is 1.38 bits per heavy atom. The van der Waals surface area contributed by atoms with Gasteiger partial charge in [-0.15, -0.1) is 13.2 Å². The van der Waals surface area contributed by atoms with Crippen LogP contribution >= 0.6 is 38.2 Å². The molecule has 1 atom stereocenters. The molecule has 0 aliphatic carbocycles. The van der Waals surface area contributed by atoms with E-state index >= 15 is 0 Å². The molecular weight excluding hydrogens is 462 g/mol. The summed E-state index contributed by atoms with van der Waals surface area (Å²) in [7, 11) is 1.31. The van der Waals surface area contributed by atoms with Gasteiger partial charge in [-0.25, -0.2) is 8.42 Å². The van der Waals surface area contributed by atoms with E-state index in [2.05, 4.69) is 20.7 Å². The fourth-order valence-electron chi connectivity index (χ4n) is 2.40. The number of halogens is 6. The Balaban J connectivity index is 2.39. The average Bonchev–Trinajstić information content (AvgIpc) is 2.64. The zero-order valence-corrected chi connectivity index (χ0v) is 15.5. The Hall–Kier alpha value is -0.710. The molecule has 0 N–H and O–H groups in total. The minimum atomic E-state index is -4.99. The minimum Gasteiger partial charge on any atom is -0.403 e. The highest BCUT2D eigenvalue weighted by Gasteiger charge is 2.38. The molecule has 0 spiro atoms. The van der Waals surface area contributed by atoms with Crippen LogP contribution < -0.4 is 9.64 Å². The molecular formula is C12H9BrCl2F3NO4S. The number of ether oxygens (including phenoxy) is 1. The van der Waals surface area contributed by atoms with Crippen LogP contribution in [0, 0.1) is 5.92 Å². The van der Waals surface area contributed by atoms with Gasteiger partial charge in [0.05, 0.1) is 10.8 Å². The number of benzene rings is 1. The van der Waals surface area contributed by atoms with Crippen LogP contribution in [0.1, 0.15) is 6.42 Å². The van der Waals surface area contributed by atoms with Gasteiger partial charge in [-0.1, -0.05) is 27.5 Å². The highest BCUT2D eigenvalue weighted by Crippen LogP contribution is 2.43. The molecule has 1 saturated heterocycles. The van der Waals surface area contributed by atoms with E-state index in [-0.39, 0.29) is 28.1 Å². The summed E-state index contributed by atoms with van der Waals surface area (Å²) in [5.41, 5.74) is -0.267. The molecule has 1 heterocycles. The van der Waals surface area contributed by atoms with Crippen LogP contribution in [0.2, 0.25) is 5.02 Å². The SMILES string of the molecule is O=C1CC(CS(=O)(=O)Cl)CN1c1c(Cl)cc(Br)cc1OC(F)(F)F. The van der Waals surface area contributed by atoms with Crippen LogP contribution in [0.5, 0.6) is 5.75 Å². The Bertz CT molecular complexity index is 772. The molecule has 1 aromatic rings. The Kier molecular flexibility index (Phi) is 5.63. The van der Waals surface area contributed by atoms with Gasteiger partial charge in [0.2, 0.25) is 15.0 Å². The molecule has 1 aliphatic rings. The van der Waals surface area contributed by atoms with E-state index < -0.39 is 38.7 Å².